The molecule has 0 amide bonds. The first kappa shape index (κ1) is 16.6. The Kier molecular flexibility index (Phi) is 3.94. The van der Waals surface area contributed by atoms with Crippen LogP contribution in [0.3, 0.4) is 0 Å². The van der Waals surface area contributed by atoms with Gasteiger partial charge in [0.1, 0.15) is 5.82 Å². The van der Waals surface area contributed by atoms with E-state index in [0.717, 1.165) is 22.3 Å². The maximum atomic E-state index is 13.1. The number of allylic oxidation sites excluding steroid dienone is 4. The van der Waals surface area contributed by atoms with Crippen LogP contribution in [0.15, 0.2) is 65.6 Å². The Morgan fingerprint density at radius 3 is 2.00 bits per heavy atom. The van der Waals surface area contributed by atoms with Gasteiger partial charge in [0, 0.05) is 5.41 Å². The van der Waals surface area contributed by atoms with Gasteiger partial charge in [0.05, 0.1) is 4.90 Å². The summed E-state index contributed by atoms with van der Waals surface area (Å²) in [4.78, 5) is 0.0920. The highest BCUT2D eigenvalue weighted by molar-refractivity contribution is 7.89. The topological polar surface area (TPSA) is 60.2 Å². The van der Waals surface area contributed by atoms with Gasteiger partial charge < -0.3 is 0 Å². The first-order chi connectivity index (χ1) is 11.2. The molecular formula is C19H18FNO2S. The van der Waals surface area contributed by atoms with Gasteiger partial charge in [0.25, 0.3) is 0 Å². The second-order valence-corrected chi connectivity index (χ2v) is 8.02. The minimum atomic E-state index is -3.70. The van der Waals surface area contributed by atoms with Gasteiger partial charge in [-0.25, -0.2) is 17.9 Å². The highest BCUT2D eigenvalue weighted by Crippen LogP contribution is 2.45. The zero-order valence-corrected chi connectivity index (χ0v) is 14.3. The van der Waals surface area contributed by atoms with Gasteiger partial charge >= 0.3 is 0 Å². The number of primary sulfonamides is 1. The van der Waals surface area contributed by atoms with E-state index in [0.29, 0.717) is 0 Å². The lowest BCUT2D eigenvalue weighted by atomic mass is 9.83. The fourth-order valence-electron chi connectivity index (χ4n) is 2.94. The van der Waals surface area contributed by atoms with Crippen LogP contribution in [0.5, 0.6) is 0 Å². The molecule has 0 aromatic heterocycles. The number of sulfonamides is 1. The molecule has 5 heteroatoms. The van der Waals surface area contributed by atoms with Crippen LogP contribution in [0.25, 0.3) is 11.1 Å². The van der Waals surface area contributed by atoms with Gasteiger partial charge in [-0.1, -0.05) is 44.2 Å². The second-order valence-electron chi connectivity index (χ2n) is 6.46. The van der Waals surface area contributed by atoms with Crippen molar-refractivity contribution in [3.63, 3.8) is 0 Å². The molecule has 3 rings (SSSR count). The van der Waals surface area contributed by atoms with Crippen molar-refractivity contribution in [2.24, 2.45) is 10.6 Å². The lowest BCUT2D eigenvalue weighted by molar-refractivity contribution is 0.598. The number of benzene rings is 2. The Hall–Kier alpha value is -2.24. The zero-order chi connectivity index (χ0) is 17.5. The third-order valence-corrected chi connectivity index (χ3v) is 5.11. The lowest BCUT2D eigenvalue weighted by Gasteiger charge is -2.21. The van der Waals surface area contributed by atoms with E-state index in [1.165, 1.54) is 24.3 Å². The molecule has 2 N–H and O–H groups in total. The summed E-state index contributed by atoms with van der Waals surface area (Å²) < 4.78 is 35.9. The number of hydrogen-bond donors (Lipinski definition) is 1. The average molecular weight is 343 g/mol. The summed E-state index contributed by atoms with van der Waals surface area (Å²) in [5.41, 5.74) is 3.75. The fourth-order valence-corrected chi connectivity index (χ4v) is 3.45. The molecule has 3 nitrogen and oxygen atoms in total. The first-order valence-corrected chi connectivity index (χ1v) is 9.06. The van der Waals surface area contributed by atoms with Crippen molar-refractivity contribution in [1.29, 1.82) is 0 Å². The summed E-state index contributed by atoms with van der Waals surface area (Å²) in [5, 5.41) is 5.14. The predicted molar refractivity (Wildman–Crippen MR) is 94.0 cm³/mol. The van der Waals surface area contributed by atoms with Gasteiger partial charge in [-0.2, -0.15) is 0 Å². The van der Waals surface area contributed by atoms with Crippen LogP contribution >= 0.6 is 0 Å². The molecule has 0 heterocycles. The van der Waals surface area contributed by atoms with E-state index in [1.54, 1.807) is 24.3 Å². The minimum absolute atomic E-state index is 0.0920. The third-order valence-electron chi connectivity index (χ3n) is 4.18. The zero-order valence-electron chi connectivity index (χ0n) is 13.5. The van der Waals surface area contributed by atoms with E-state index >= 15 is 0 Å². The smallest absolute Gasteiger partial charge is 0.225 e. The van der Waals surface area contributed by atoms with Crippen molar-refractivity contribution in [3.8, 4) is 0 Å². The number of halogens is 1. The molecule has 0 atom stereocenters. The normalized spacial score (nSPS) is 16.7. The van der Waals surface area contributed by atoms with E-state index in [9.17, 15) is 12.8 Å². The molecular weight excluding hydrogens is 325 g/mol. The van der Waals surface area contributed by atoms with Crippen LogP contribution in [0.2, 0.25) is 0 Å². The molecule has 0 unspecified atom stereocenters. The van der Waals surface area contributed by atoms with Crippen molar-refractivity contribution < 1.29 is 12.8 Å². The van der Waals surface area contributed by atoms with Gasteiger partial charge in [-0.3, -0.25) is 0 Å². The molecule has 24 heavy (non-hydrogen) atoms. The molecule has 0 saturated carbocycles. The number of nitrogens with two attached hydrogens (primary N) is 1. The molecule has 0 aliphatic heterocycles. The molecule has 0 bridgehead atoms. The van der Waals surface area contributed by atoms with Crippen LogP contribution in [0.1, 0.15) is 25.0 Å². The summed E-state index contributed by atoms with van der Waals surface area (Å²) in [6.07, 6.45) is 4.18. The van der Waals surface area contributed by atoms with Crippen LogP contribution in [-0.4, -0.2) is 8.42 Å². The summed E-state index contributed by atoms with van der Waals surface area (Å²) in [5.74, 6) is -0.264. The van der Waals surface area contributed by atoms with Crippen molar-refractivity contribution in [3.05, 3.63) is 77.6 Å². The Morgan fingerprint density at radius 2 is 1.46 bits per heavy atom. The van der Waals surface area contributed by atoms with E-state index in [2.05, 4.69) is 26.0 Å². The first-order valence-electron chi connectivity index (χ1n) is 7.51. The summed E-state index contributed by atoms with van der Waals surface area (Å²) in [7, 11) is -3.70. The van der Waals surface area contributed by atoms with Crippen LogP contribution < -0.4 is 5.14 Å². The summed E-state index contributed by atoms with van der Waals surface area (Å²) >= 11 is 0. The van der Waals surface area contributed by atoms with Crippen LogP contribution in [0.4, 0.5) is 4.39 Å². The Bertz CT molecular complexity index is 938. The Morgan fingerprint density at radius 1 is 0.917 bits per heavy atom. The molecule has 0 spiro atoms. The van der Waals surface area contributed by atoms with E-state index in [-0.39, 0.29) is 16.1 Å². The monoisotopic (exact) mass is 343 g/mol. The van der Waals surface area contributed by atoms with Crippen molar-refractivity contribution in [1.82, 2.24) is 0 Å². The van der Waals surface area contributed by atoms with Crippen molar-refractivity contribution >= 4 is 21.2 Å². The van der Waals surface area contributed by atoms with Crippen molar-refractivity contribution in [2.45, 2.75) is 18.7 Å². The highest BCUT2D eigenvalue weighted by Gasteiger charge is 2.28. The third kappa shape index (κ3) is 3.18. The van der Waals surface area contributed by atoms with Gasteiger partial charge in [-0.05, 0) is 52.6 Å². The van der Waals surface area contributed by atoms with Crippen LogP contribution in [-0.2, 0) is 10.0 Å². The Balaban J connectivity index is 1.99. The number of hydrogen-bond acceptors (Lipinski definition) is 2. The van der Waals surface area contributed by atoms with Crippen molar-refractivity contribution in [2.75, 3.05) is 0 Å². The number of rotatable bonds is 3. The average Bonchev–Trinajstić information content (AvgIpc) is 2.83. The SMILES string of the molecule is CC1(C)C=C(c2ccc(F)cc2)C=C1c1ccc(S(N)(=O)=O)cc1. The standard InChI is InChI=1S/C19H18FNO2S/c1-19(2)12-15(13-3-7-16(20)8-4-13)11-18(19)14-5-9-17(10-6-14)24(21,22)23/h3-12H,1-2H3,(H2,21,22,23). The molecule has 2 aromatic carbocycles. The fraction of sp³-hybridized carbons (Fsp3) is 0.158. The maximum absolute atomic E-state index is 13.1. The molecule has 0 radical (unpaired) electrons. The minimum Gasteiger partial charge on any atom is -0.225 e. The highest BCUT2D eigenvalue weighted by atomic mass is 32.2. The summed E-state index contributed by atoms with van der Waals surface area (Å²) in [6, 6.07) is 12.9. The van der Waals surface area contributed by atoms with E-state index in [4.69, 9.17) is 5.14 Å². The quantitative estimate of drug-likeness (QED) is 0.916. The predicted octanol–water partition coefficient (Wildman–Crippen LogP) is 3.98. The van der Waals surface area contributed by atoms with E-state index < -0.39 is 10.0 Å². The molecule has 124 valence electrons. The van der Waals surface area contributed by atoms with Gasteiger partial charge in [-0.15, -0.1) is 0 Å². The molecule has 1 aliphatic rings. The molecule has 1 aliphatic carbocycles. The summed E-state index contributed by atoms with van der Waals surface area (Å²) in [6.45, 7) is 4.17. The van der Waals surface area contributed by atoms with E-state index in [1.807, 2.05) is 0 Å². The molecule has 0 fully saturated rings. The molecule has 2 aromatic rings. The molecule has 0 saturated heterocycles. The van der Waals surface area contributed by atoms with Gasteiger partial charge in [0.2, 0.25) is 10.0 Å². The largest absolute Gasteiger partial charge is 0.238 e. The van der Waals surface area contributed by atoms with Crippen LogP contribution in [0, 0.1) is 11.2 Å². The lowest BCUT2D eigenvalue weighted by Crippen LogP contribution is -2.12. The second kappa shape index (κ2) is 5.69. The Labute approximate surface area is 141 Å². The maximum Gasteiger partial charge on any atom is 0.238 e. The van der Waals surface area contributed by atoms with Gasteiger partial charge in [0.15, 0.2) is 0 Å².